The van der Waals surface area contributed by atoms with Crippen molar-refractivity contribution in [3.8, 4) is 68.3 Å². The molecule has 0 amide bonds. The number of benzene rings is 4. The predicted octanol–water partition coefficient (Wildman–Crippen LogP) is 2.61. The van der Waals surface area contributed by atoms with Crippen LogP contribution in [0.2, 0.25) is 0 Å². The number of ether oxygens (including phenoxy) is 2. The minimum Gasteiger partial charge on any atom is -0.508 e. The fourth-order valence-electron chi connectivity index (χ4n) is 6.01. The minimum absolute atomic E-state index is 0.0893. The summed E-state index contributed by atoms with van der Waals surface area (Å²) < 4.78 is 23.9. The molecule has 3 heterocycles. The van der Waals surface area contributed by atoms with Gasteiger partial charge in [0.15, 0.2) is 11.0 Å². The van der Waals surface area contributed by atoms with E-state index in [9.17, 15) is 55.5 Å². The Kier molecular flexibility index (Phi) is 8.29. The van der Waals surface area contributed by atoms with E-state index in [2.05, 4.69) is 0 Å². The lowest BCUT2D eigenvalue weighted by Crippen LogP contribution is -2.60. The van der Waals surface area contributed by atoms with Crippen molar-refractivity contribution in [3.05, 3.63) is 93.2 Å². The van der Waals surface area contributed by atoms with Gasteiger partial charge in [-0.2, -0.15) is 0 Å². The highest BCUT2D eigenvalue weighted by Crippen LogP contribution is 2.46. The first kappa shape index (κ1) is 33.4. The molecule has 1 saturated heterocycles. The summed E-state index contributed by atoms with van der Waals surface area (Å²) in [6, 6.07) is 14.8. The molecule has 1 aliphatic rings. The van der Waals surface area contributed by atoms with E-state index in [-0.39, 0.29) is 45.3 Å². The van der Waals surface area contributed by atoms with Crippen LogP contribution in [0, 0.1) is 0 Å². The molecule has 9 N–H and O–H groups in total. The Morgan fingerprint density at radius 3 is 1.92 bits per heavy atom. The van der Waals surface area contributed by atoms with Gasteiger partial charge in [-0.05, 0) is 48.5 Å². The lowest BCUT2D eigenvalue weighted by molar-refractivity contribution is -0.277. The highest BCUT2D eigenvalue weighted by Gasteiger charge is 2.45. The summed E-state index contributed by atoms with van der Waals surface area (Å²) >= 11 is 0. The van der Waals surface area contributed by atoms with Crippen LogP contribution in [0.4, 0.5) is 0 Å². The van der Waals surface area contributed by atoms with Crippen LogP contribution in [-0.4, -0.2) is 83.3 Å². The average molecular weight is 701 g/mol. The molecule has 0 radical (unpaired) electrons. The van der Waals surface area contributed by atoms with E-state index < -0.39 is 93.1 Å². The number of hydrogen-bond donors (Lipinski definition) is 9. The van der Waals surface area contributed by atoms with E-state index in [0.29, 0.717) is 0 Å². The number of aliphatic hydroxyl groups is 4. The maximum Gasteiger partial charge on any atom is 0.229 e. The molecule has 7 rings (SSSR count). The number of phenols is 5. The average Bonchev–Trinajstić information content (AvgIpc) is 3.09. The Balaban J connectivity index is 1.61. The van der Waals surface area contributed by atoms with Crippen molar-refractivity contribution in [2.45, 2.75) is 30.7 Å². The minimum atomic E-state index is -1.96. The van der Waals surface area contributed by atoms with Crippen LogP contribution in [-0.2, 0) is 4.74 Å². The van der Waals surface area contributed by atoms with E-state index in [1.807, 2.05) is 0 Å². The van der Waals surface area contributed by atoms with Crippen molar-refractivity contribution < 1.29 is 64.3 Å². The molecule has 0 saturated carbocycles. The summed E-state index contributed by atoms with van der Waals surface area (Å²) in [5, 5.41) is 92.7. The Morgan fingerprint density at radius 1 is 0.647 bits per heavy atom. The second-order valence-electron chi connectivity index (χ2n) is 11.8. The van der Waals surface area contributed by atoms with E-state index in [1.165, 1.54) is 48.5 Å². The first-order valence-corrected chi connectivity index (χ1v) is 15.3. The van der Waals surface area contributed by atoms with Gasteiger partial charge in [-0.3, -0.25) is 9.59 Å². The molecule has 0 bridgehead atoms. The Bertz CT molecular complexity index is 2410. The fraction of sp³-hybridized carbons (Fsp3) is 0.167. The van der Waals surface area contributed by atoms with Crippen LogP contribution < -0.4 is 15.6 Å². The molecular weight excluding hydrogens is 672 g/mol. The van der Waals surface area contributed by atoms with E-state index in [4.69, 9.17) is 18.3 Å². The number of rotatable bonds is 6. The lowest BCUT2D eigenvalue weighted by atomic mass is 9.94. The molecule has 0 aliphatic carbocycles. The number of fused-ring (bicyclic) bond motifs is 2. The molecule has 15 heteroatoms. The van der Waals surface area contributed by atoms with Gasteiger partial charge in [0.1, 0.15) is 86.8 Å². The zero-order chi connectivity index (χ0) is 36.3. The Morgan fingerprint density at radius 2 is 1.27 bits per heavy atom. The largest absolute Gasteiger partial charge is 0.508 e. The number of phenolic OH excluding ortho intramolecular Hbond substituents is 5. The van der Waals surface area contributed by atoms with Gasteiger partial charge in [-0.25, -0.2) is 0 Å². The first-order chi connectivity index (χ1) is 24.4. The lowest BCUT2D eigenvalue weighted by Gasteiger charge is -2.39. The number of hydrogen-bond acceptors (Lipinski definition) is 15. The standard InChI is InChI=1S/C36H28O15/c37-13-25-30(44)32(46)33(47)36(51-25)50-24-12-21(43)26-20(42)11-22(14-1-5-16(38)6-2-14)48-35(26)28(24)29-31(45)27-19(41)9-18(40)10-23(27)49-34(29)15-3-7-17(39)8-4-15/h1-12,25,30,32-33,36-41,43-44,46-47H,13H2/t25-,30-,32+,33-,36-/m1/s1. The summed E-state index contributed by atoms with van der Waals surface area (Å²) in [5.41, 5.74) is -2.86. The van der Waals surface area contributed by atoms with E-state index in [1.54, 1.807) is 0 Å². The van der Waals surface area contributed by atoms with Crippen LogP contribution in [0.15, 0.2) is 91.2 Å². The second kappa shape index (κ2) is 12.7. The maximum atomic E-state index is 14.6. The highest BCUT2D eigenvalue weighted by molar-refractivity contribution is 6.04. The van der Waals surface area contributed by atoms with Crippen LogP contribution in [0.5, 0.6) is 34.5 Å². The van der Waals surface area contributed by atoms with Crippen molar-refractivity contribution in [1.29, 1.82) is 0 Å². The molecule has 1 aliphatic heterocycles. The first-order valence-electron chi connectivity index (χ1n) is 15.3. The summed E-state index contributed by atoms with van der Waals surface area (Å²) in [6.45, 7) is -0.809. The quantitative estimate of drug-likeness (QED) is 0.121. The fourth-order valence-corrected chi connectivity index (χ4v) is 6.01. The summed E-state index contributed by atoms with van der Waals surface area (Å²) in [4.78, 5) is 28.3. The SMILES string of the molecule is O=c1c(-c2c(O[C@@H]3O[C@H](CO)[C@@H](O)[C@H](O)[C@H]3O)cc(O)c3c(=O)cc(-c4ccc(O)cc4)oc23)c(-c2ccc(O)cc2)oc2cc(O)cc(O)c12. The van der Waals surface area contributed by atoms with E-state index >= 15 is 0 Å². The van der Waals surface area contributed by atoms with Gasteiger partial charge in [0.05, 0.1) is 17.7 Å². The third-order valence-corrected chi connectivity index (χ3v) is 8.53. The van der Waals surface area contributed by atoms with Gasteiger partial charge in [0.25, 0.3) is 0 Å². The predicted molar refractivity (Wildman–Crippen MR) is 178 cm³/mol. The van der Waals surface area contributed by atoms with Crippen molar-refractivity contribution >= 4 is 21.9 Å². The van der Waals surface area contributed by atoms with Crippen LogP contribution in [0.1, 0.15) is 0 Å². The normalized spacial score (nSPS) is 20.5. The maximum absolute atomic E-state index is 14.6. The molecule has 262 valence electrons. The monoisotopic (exact) mass is 700 g/mol. The molecule has 51 heavy (non-hydrogen) atoms. The van der Waals surface area contributed by atoms with Gasteiger partial charge in [0.2, 0.25) is 11.7 Å². The molecule has 2 aromatic heterocycles. The summed E-state index contributed by atoms with van der Waals surface area (Å²) in [7, 11) is 0. The second-order valence-corrected chi connectivity index (χ2v) is 11.8. The smallest absolute Gasteiger partial charge is 0.229 e. The summed E-state index contributed by atoms with van der Waals surface area (Å²) in [5.74, 6) is -2.95. The van der Waals surface area contributed by atoms with Crippen molar-refractivity contribution in [1.82, 2.24) is 0 Å². The highest BCUT2D eigenvalue weighted by atomic mass is 16.7. The molecular formula is C36H28O15. The van der Waals surface area contributed by atoms with E-state index in [0.717, 1.165) is 24.3 Å². The molecule has 0 unspecified atom stereocenters. The van der Waals surface area contributed by atoms with Gasteiger partial charge >= 0.3 is 0 Å². The van der Waals surface area contributed by atoms with Gasteiger partial charge in [-0.15, -0.1) is 0 Å². The van der Waals surface area contributed by atoms with Gasteiger partial charge < -0.3 is 64.3 Å². The van der Waals surface area contributed by atoms with Crippen molar-refractivity contribution in [2.24, 2.45) is 0 Å². The van der Waals surface area contributed by atoms with Crippen molar-refractivity contribution in [2.75, 3.05) is 6.61 Å². The zero-order valence-electron chi connectivity index (χ0n) is 26.0. The molecule has 0 spiro atoms. The van der Waals surface area contributed by atoms with Crippen LogP contribution in [0.3, 0.4) is 0 Å². The molecule has 6 aromatic rings. The molecule has 5 atom stereocenters. The molecule has 15 nitrogen and oxygen atoms in total. The third-order valence-electron chi connectivity index (χ3n) is 8.53. The zero-order valence-corrected chi connectivity index (χ0v) is 26.0. The van der Waals surface area contributed by atoms with Crippen molar-refractivity contribution in [3.63, 3.8) is 0 Å². The Labute approximate surface area is 284 Å². The molecule has 4 aromatic carbocycles. The van der Waals surface area contributed by atoms with Gasteiger partial charge in [0, 0.05) is 35.4 Å². The third kappa shape index (κ3) is 5.74. The number of aliphatic hydroxyl groups excluding tert-OH is 4. The Hall–Kier alpha value is -6.10. The number of aromatic hydroxyl groups is 5. The summed E-state index contributed by atoms with van der Waals surface area (Å²) in [6.07, 6.45) is -8.89. The molecule has 1 fully saturated rings. The van der Waals surface area contributed by atoms with Gasteiger partial charge in [-0.1, -0.05) is 0 Å². The van der Waals surface area contributed by atoms with Crippen LogP contribution in [0.25, 0.3) is 55.7 Å². The topological polar surface area (TPSA) is 261 Å². The van der Waals surface area contributed by atoms with Crippen LogP contribution >= 0.6 is 0 Å².